The van der Waals surface area contributed by atoms with E-state index in [1.807, 2.05) is 34.0 Å². The average Bonchev–Trinajstić information content (AvgIpc) is 3.18. The van der Waals surface area contributed by atoms with Gasteiger partial charge in [-0.1, -0.05) is 104 Å². The standard InChI is InChI=1S/C22H34N2S2/c1-3-4-5-6-7-8-9-10-11-12-18-25-26-21-19(2)14-13-15-20(21)22-23-16-17-24-22/h13-17H,3-12,18H2,1-2H3,(H,23,24). The highest BCUT2D eigenvalue weighted by Gasteiger charge is 2.10. The molecule has 0 saturated heterocycles. The third kappa shape index (κ3) is 7.79. The molecule has 144 valence electrons. The number of hydrogen-bond acceptors (Lipinski definition) is 3. The lowest BCUT2D eigenvalue weighted by Gasteiger charge is -2.10. The van der Waals surface area contributed by atoms with Crippen LogP contribution in [-0.2, 0) is 0 Å². The predicted molar refractivity (Wildman–Crippen MR) is 119 cm³/mol. The molecule has 26 heavy (non-hydrogen) atoms. The van der Waals surface area contributed by atoms with E-state index in [0.717, 1.165) is 5.82 Å². The van der Waals surface area contributed by atoms with E-state index in [0.29, 0.717) is 0 Å². The van der Waals surface area contributed by atoms with Crippen LogP contribution in [0.2, 0.25) is 0 Å². The zero-order chi connectivity index (χ0) is 18.5. The summed E-state index contributed by atoms with van der Waals surface area (Å²) in [5, 5.41) is 0. The van der Waals surface area contributed by atoms with Crippen molar-refractivity contribution in [3.8, 4) is 11.4 Å². The molecule has 0 bridgehead atoms. The van der Waals surface area contributed by atoms with E-state index in [1.165, 1.54) is 86.0 Å². The first kappa shape index (κ1) is 21.4. The van der Waals surface area contributed by atoms with E-state index in [4.69, 9.17) is 0 Å². The van der Waals surface area contributed by atoms with Crippen LogP contribution < -0.4 is 0 Å². The van der Waals surface area contributed by atoms with Gasteiger partial charge in [-0.05, 0) is 18.9 Å². The first-order valence-corrected chi connectivity index (χ1v) is 12.5. The Bertz CT molecular complexity index is 596. The Hall–Kier alpha value is -0.870. The van der Waals surface area contributed by atoms with Crippen LogP contribution in [0.5, 0.6) is 0 Å². The van der Waals surface area contributed by atoms with Crippen molar-refractivity contribution in [3.63, 3.8) is 0 Å². The average molecular weight is 391 g/mol. The molecule has 0 fully saturated rings. The Labute approximate surface area is 167 Å². The van der Waals surface area contributed by atoms with Gasteiger partial charge in [0.15, 0.2) is 0 Å². The normalized spacial score (nSPS) is 11.2. The predicted octanol–water partition coefficient (Wildman–Crippen LogP) is 8.05. The second kappa shape index (κ2) is 13.3. The lowest BCUT2D eigenvalue weighted by atomic mass is 10.1. The summed E-state index contributed by atoms with van der Waals surface area (Å²) >= 11 is 0. The molecule has 0 spiro atoms. The van der Waals surface area contributed by atoms with Crippen molar-refractivity contribution in [1.29, 1.82) is 0 Å². The van der Waals surface area contributed by atoms with Crippen molar-refractivity contribution in [1.82, 2.24) is 9.97 Å². The lowest BCUT2D eigenvalue weighted by Crippen LogP contribution is -1.88. The van der Waals surface area contributed by atoms with Gasteiger partial charge in [-0.15, -0.1) is 0 Å². The Morgan fingerprint density at radius 3 is 2.27 bits per heavy atom. The van der Waals surface area contributed by atoms with Gasteiger partial charge in [0.2, 0.25) is 0 Å². The molecule has 1 N–H and O–H groups in total. The van der Waals surface area contributed by atoms with E-state index >= 15 is 0 Å². The SMILES string of the molecule is CCCCCCCCCCCCSSc1c(C)cccc1-c1ncc[nH]1. The van der Waals surface area contributed by atoms with Gasteiger partial charge in [0.05, 0.1) is 0 Å². The summed E-state index contributed by atoms with van der Waals surface area (Å²) in [6.07, 6.45) is 17.7. The van der Waals surface area contributed by atoms with Gasteiger partial charge in [0, 0.05) is 28.6 Å². The minimum absolute atomic E-state index is 0.968. The smallest absolute Gasteiger partial charge is 0.138 e. The van der Waals surface area contributed by atoms with E-state index in [-0.39, 0.29) is 0 Å². The molecule has 0 amide bonds. The summed E-state index contributed by atoms with van der Waals surface area (Å²) in [4.78, 5) is 9.00. The molecule has 1 heterocycles. The third-order valence-corrected chi connectivity index (χ3v) is 7.32. The maximum absolute atomic E-state index is 4.42. The molecular weight excluding hydrogens is 356 g/mol. The largest absolute Gasteiger partial charge is 0.345 e. The summed E-state index contributed by atoms with van der Waals surface area (Å²) in [5.41, 5.74) is 2.55. The molecule has 2 rings (SSSR count). The monoisotopic (exact) mass is 390 g/mol. The Morgan fingerprint density at radius 1 is 0.923 bits per heavy atom. The number of aromatic nitrogens is 2. The van der Waals surface area contributed by atoms with Gasteiger partial charge in [-0.25, -0.2) is 4.98 Å². The van der Waals surface area contributed by atoms with E-state index < -0.39 is 0 Å². The molecule has 1 aromatic heterocycles. The molecule has 0 saturated carbocycles. The number of nitrogens with zero attached hydrogens (tertiary/aromatic N) is 1. The molecule has 4 heteroatoms. The summed E-state index contributed by atoms with van der Waals surface area (Å²) in [5.74, 6) is 2.20. The quantitative estimate of drug-likeness (QED) is 0.261. The molecule has 0 aliphatic rings. The summed E-state index contributed by atoms with van der Waals surface area (Å²) in [6.45, 7) is 4.48. The number of hydrogen-bond donors (Lipinski definition) is 1. The highest BCUT2D eigenvalue weighted by Crippen LogP contribution is 2.39. The number of aromatic amines is 1. The molecule has 0 aliphatic heterocycles. The zero-order valence-electron chi connectivity index (χ0n) is 16.4. The molecule has 1 aromatic carbocycles. The first-order valence-electron chi connectivity index (χ1n) is 10.2. The molecule has 0 radical (unpaired) electrons. The van der Waals surface area contributed by atoms with Crippen LogP contribution in [0.1, 0.15) is 76.7 Å². The van der Waals surface area contributed by atoms with Gasteiger partial charge in [0.1, 0.15) is 5.82 Å². The fourth-order valence-corrected chi connectivity index (χ4v) is 5.71. The van der Waals surface area contributed by atoms with E-state index in [2.05, 4.69) is 42.0 Å². The van der Waals surface area contributed by atoms with Crippen LogP contribution in [0.15, 0.2) is 35.5 Å². The van der Waals surface area contributed by atoms with Crippen molar-refractivity contribution in [2.45, 2.75) is 83.0 Å². The van der Waals surface area contributed by atoms with Crippen LogP contribution in [-0.4, -0.2) is 15.7 Å². The van der Waals surface area contributed by atoms with Crippen LogP contribution >= 0.6 is 21.6 Å². The summed E-state index contributed by atoms with van der Waals surface area (Å²) < 4.78 is 0. The second-order valence-electron chi connectivity index (χ2n) is 6.98. The zero-order valence-corrected chi connectivity index (χ0v) is 18.1. The fourth-order valence-electron chi connectivity index (χ4n) is 3.11. The van der Waals surface area contributed by atoms with Crippen molar-refractivity contribution >= 4 is 21.6 Å². The fraction of sp³-hybridized carbons (Fsp3) is 0.591. The van der Waals surface area contributed by atoms with Gasteiger partial charge in [-0.2, -0.15) is 0 Å². The van der Waals surface area contributed by atoms with Crippen LogP contribution in [0.3, 0.4) is 0 Å². The molecule has 0 unspecified atom stereocenters. The van der Waals surface area contributed by atoms with Crippen molar-refractivity contribution < 1.29 is 0 Å². The second-order valence-corrected chi connectivity index (χ2v) is 9.40. The summed E-state index contributed by atoms with van der Waals surface area (Å²) in [6, 6.07) is 6.47. The number of aryl methyl sites for hydroxylation is 1. The van der Waals surface area contributed by atoms with Crippen LogP contribution in [0.4, 0.5) is 0 Å². The van der Waals surface area contributed by atoms with E-state index in [9.17, 15) is 0 Å². The number of unbranched alkanes of at least 4 members (excludes halogenated alkanes) is 9. The van der Waals surface area contributed by atoms with Gasteiger partial charge in [-0.3, -0.25) is 0 Å². The molecule has 2 nitrogen and oxygen atoms in total. The van der Waals surface area contributed by atoms with E-state index in [1.54, 1.807) is 0 Å². The van der Waals surface area contributed by atoms with Gasteiger partial charge in [0.25, 0.3) is 0 Å². The Kier molecular flexibility index (Phi) is 11.0. The van der Waals surface area contributed by atoms with Crippen LogP contribution in [0.25, 0.3) is 11.4 Å². The molecule has 2 aromatic rings. The minimum Gasteiger partial charge on any atom is -0.345 e. The molecule has 0 aliphatic carbocycles. The van der Waals surface area contributed by atoms with Crippen molar-refractivity contribution in [2.75, 3.05) is 5.75 Å². The topological polar surface area (TPSA) is 28.7 Å². The van der Waals surface area contributed by atoms with Crippen molar-refractivity contribution in [2.24, 2.45) is 0 Å². The number of benzene rings is 1. The number of rotatable bonds is 14. The lowest BCUT2D eigenvalue weighted by molar-refractivity contribution is 0.563. The number of nitrogens with one attached hydrogen (secondary N) is 1. The maximum atomic E-state index is 4.42. The summed E-state index contributed by atoms with van der Waals surface area (Å²) in [7, 11) is 3.89. The highest BCUT2D eigenvalue weighted by molar-refractivity contribution is 8.76. The van der Waals surface area contributed by atoms with Gasteiger partial charge >= 0.3 is 0 Å². The van der Waals surface area contributed by atoms with Crippen LogP contribution in [0, 0.1) is 6.92 Å². The Balaban J connectivity index is 1.58. The molecule has 0 atom stereocenters. The van der Waals surface area contributed by atoms with Crippen molar-refractivity contribution in [3.05, 3.63) is 36.2 Å². The maximum Gasteiger partial charge on any atom is 0.138 e. The third-order valence-electron chi connectivity index (χ3n) is 4.69. The number of imidazole rings is 1. The highest BCUT2D eigenvalue weighted by atomic mass is 33.1. The molecular formula is C22H34N2S2. The Morgan fingerprint density at radius 2 is 1.62 bits per heavy atom. The number of H-pyrrole nitrogens is 1. The van der Waals surface area contributed by atoms with Gasteiger partial charge < -0.3 is 4.98 Å². The minimum atomic E-state index is 0.968. The first-order chi connectivity index (χ1) is 12.8.